The fraction of sp³-hybridized carbons (Fsp3) is 0.222. The van der Waals surface area contributed by atoms with Crippen molar-refractivity contribution in [3.05, 3.63) is 33.8 Å². The van der Waals surface area contributed by atoms with Gasteiger partial charge in [0.1, 0.15) is 6.04 Å². The molecule has 88 valence electrons. The van der Waals surface area contributed by atoms with Crippen LogP contribution in [0.25, 0.3) is 0 Å². The van der Waals surface area contributed by atoms with Crippen LogP contribution >= 0.6 is 15.9 Å². The van der Waals surface area contributed by atoms with Crippen LogP contribution in [0.2, 0.25) is 0 Å². The van der Waals surface area contributed by atoms with Gasteiger partial charge in [-0.05, 0) is 17.7 Å². The van der Waals surface area contributed by atoms with Gasteiger partial charge in [-0.3, -0.25) is 4.79 Å². The molecule has 0 bridgehead atoms. The Bertz CT molecular complexity index is 420. The number of hydrogen-bond acceptors (Lipinski definition) is 2. The number of carbonyl (C=O) groups is 1. The zero-order valence-corrected chi connectivity index (χ0v) is 9.34. The fourth-order valence-electron chi connectivity index (χ4n) is 1.09. The molecule has 1 atom stereocenters. The lowest BCUT2D eigenvalue weighted by atomic mass is 10.1. The van der Waals surface area contributed by atoms with Gasteiger partial charge < -0.3 is 10.8 Å². The second-order valence-corrected chi connectivity index (χ2v) is 3.90. The first-order valence-electron chi connectivity index (χ1n) is 4.08. The lowest BCUT2D eigenvalue weighted by Crippen LogP contribution is -2.21. The molecule has 7 heteroatoms. The lowest BCUT2D eigenvalue weighted by Gasteiger charge is -2.12. The van der Waals surface area contributed by atoms with E-state index in [9.17, 15) is 18.0 Å². The van der Waals surface area contributed by atoms with Crippen LogP contribution in [0.15, 0.2) is 22.7 Å². The number of hydrogen-bond donors (Lipinski definition) is 2. The number of rotatable bonds is 2. The Kier molecular flexibility index (Phi) is 3.59. The van der Waals surface area contributed by atoms with Crippen molar-refractivity contribution >= 4 is 21.9 Å². The van der Waals surface area contributed by atoms with E-state index in [1.807, 2.05) is 0 Å². The number of alkyl halides is 3. The van der Waals surface area contributed by atoms with Gasteiger partial charge in [-0.15, -0.1) is 0 Å². The number of carboxylic acid groups (broad SMARTS) is 1. The molecule has 1 aromatic rings. The Morgan fingerprint density at radius 2 is 2.00 bits per heavy atom. The summed E-state index contributed by atoms with van der Waals surface area (Å²) in [5, 5.41) is 8.62. The van der Waals surface area contributed by atoms with Crippen LogP contribution in [0, 0.1) is 0 Å². The molecular weight excluding hydrogens is 291 g/mol. The maximum Gasteiger partial charge on any atom is 0.416 e. The molecule has 3 N–H and O–H groups in total. The molecule has 0 radical (unpaired) electrons. The molecular formula is C9H7BrF3NO2. The van der Waals surface area contributed by atoms with Crippen LogP contribution < -0.4 is 5.73 Å². The van der Waals surface area contributed by atoms with Crippen molar-refractivity contribution in [2.45, 2.75) is 12.2 Å². The smallest absolute Gasteiger partial charge is 0.416 e. The Hall–Kier alpha value is -1.08. The topological polar surface area (TPSA) is 63.3 Å². The van der Waals surface area contributed by atoms with E-state index >= 15 is 0 Å². The van der Waals surface area contributed by atoms with E-state index in [4.69, 9.17) is 10.8 Å². The van der Waals surface area contributed by atoms with Crippen molar-refractivity contribution in [2.24, 2.45) is 5.73 Å². The first-order valence-corrected chi connectivity index (χ1v) is 4.88. The number of benzene rings is 1. The molecule has 0 aromatic heterocycles. The van der Waals surface area contributed by atoms with Crippen LogP contribution in [0.1, 0.15) is 17.2 Å². The molecule has 0 amide bonds. The highest BCUT2D eigenvalue weighted by molar-refractivity contribution is 9.10. The quantitative estimate of drug-likeness (QED) is 0.882. The number of nitrogens with two attached hydrogens (primary N) is 1. The van der Waals surface area contributed by atoms with Gasteiger partial charge in [-0.2, -0.15) is 13.2 Å². The summed E-state index contributed by atoms with van der Waals surface area (Å²) in [5.41, 5.74) is 4.52. The van der Waals surface area contributed by atoms with E-state index in [-0.39, 0.29) is 10.0 Å². The SMILES string of the molecule is NC(C(=O)O)c1ccc(C(F)(F)F)cc1Br. The molecule has 0 aliphatic heterocycles. The van der Waals surface area contributed by atoms with Gasteiger partial charge in [0.15, 0.2) is 0 Å². The van der Waals surface area contributed by atoms with Crippen LogP contribution in [-0.4, -0.2) is 11.1 Å². The van der Waals surface area contributed by atoms with Gasteiger partial charge in [-0.25, -0.2) is 0 Å². The fourth-order valence-corrected chi connectivity index (χ4v) is 1.71. The standard InChI is InChI=1S/C9H7BrF3NO2/c10-6-3-4(9(11,12)13)1-2-5(6)7(14)8(15)16/h1-3,7H,14H2,(H,15,16). The lowest BCUT2D eigenvalue weighted by molar-refractivity contribution is -0.138. The Balaban J connectivity index is 3.15. The van der Waals surface area contributed by atoms with E-state index < -0.39 is 23.8 Å². The summed E-state index contributed by atoms with van der Waals surface area (Å²) in [6, 6.07) is 1.30. The third-order valence-corrected chi connectivity index (χ3v) is 2.62. The summed E-state index contributed by atoms with van der Waals surface area (Å²) in [6.45, 7) is 0. The second-order valence-electron chi connectivity index (χ2n) is 3.05. The molecule has 1 aromatic carbocycles. The van der Waals surface area contributed by atoms with Crippen LogP contribution in [0.4, 0.5) is 13.2 Å². The monoisotopic (exact) mass is 297 g/mol. The third kappa shape index (κ3) is 2.73. The normalized spacial score (nSPS) is 13.6. The highest BCUT2D eigenvalue weighted by Gasteiger charge is 2.31. The number of carboxylic acids is 1. The van der Waals surface area contributed by atoms with Gasteiger partial charge in [0.25, 0.3) is 0 Å². The van der Waals surface area contributed by atoms with Crippen LogP contribution in [0.5, 0.6) is 0 Å². The maximum atomic E-state index is 12.3. The average molecular weight is 298 g/mol. The first kappa shape index (κ1) is 13.0. The molecule has 0 aliphatic rings. The van der Waals surface area contributed by atoms with E-state index in [2.05, 4.69) is 15.9 Å². The van der Waals surface area contributed by atoms with Gasteiger partial charge >= 0.3 is 12.1 Å². The Labute approximate surface area is 97.2 Å². The molecule has 0 spiro atoms. The molecule has 3 nitrogen and oxygen atoms in total. The van der Waals surface area contributed by atoms with Crippen molar-refractivity contribution in [1.82, 2.24) is 0 Å². The first-order chi connectivity index (χ1) is 7.23. The molecule has 1 rings (SSSR count). The molecule has 0 saturated heterocycles. The minimum Gasteiger partial charge on any atom is -0.480 e. The minimum absolute atomic E-state index is 0.0252. The summed E-state index contributed by atoms with van der Waals surface area (Å²) in [7, 11) is 0. The maximum absolute atomic E-state index is 12.3. The predicted octanol–water partition coefficient (Wildman–Crippen LogP) is 2.55. The van der Waals surface area contributed by atoms with Crippen LogP contribution in [0.3, 0.4) is 0 Å². The average Bonchev–Trinajstić information content (AvgIpc) is 2.15. The van der Waals surface area contributed by atoms with Gasteiger partial charge in [0.05, 0.1) is 5.56 Å². The van der Waals surface area contributed by atoms with Crippen molar-refractivity contribution in [1.29, 1.82) is 0 Å². The second kappa shape index (κ2) is 4.42. The molecule has 1 unspecified atom stereocenters. The summed E-state index contributed by atoms with van der Waals surface area (Å²) >= 11 is 2.87. The summed E-state index contributed by atoms with van der Waals surface area (Å²) in [6.07, 6.45) is -4.46. The zero-order valence-electron chi connectivity index (χ0n) is 7.75. The molecule has 0 saturated carbocycles. The van der Waals surface area contributed by atoms with Crippen molar-refractivity contribution < 1.29 is 23.1 Å². The summed E-state index contributed by atoms with van der Waals surface area (Å²) < 4.78 is 36.9. The van der Waals surface area contributed by atoms with Crippen molar-refractivity contribution in [3.63, 3.8) is 0 Å². The highest BCUT2D eigenvalue weighted by Crippen LogP contribution is 2.33. The van der Waals surface area contributed by atoms with E-state index in [1.165, 1.54) is 0 Å². The molecule has 0 heterocycles. The third-order valence-electron chi connectivity index (χ3n) is 1.93. The summed E-state index contributed by atoms with van der Waals surface area (Å²) in [4.78, 5) is 10.6. The molecule has 0 fully saturated rings. The number of aliphatic carboxylic acids is 1. The van der Waals surface area contributed by atoms with Gasteiger partial charge in [0, 0.05) is 4.47 Å². The Morgan fingerprint density at radius 1 is 1.44 bits per heavy atom. The van der Waals surface area contributed by atoms with E-state index in [1.54, 1.807) is 0 Å². The van der Waals surface area contributed by atoms with Crippen LogP contribution in [-0.2, 0) is 11.0 Å². The highest BCUT2D eigenvalue weighted by atomic mass is 79.9. The van der Waals surface area contributed by atoms with Gasteiger partial charge in [-0.1, -0.05) is 22.0 Å². The number of halogens is 4. The Morgan fingerprint density at radius 3 is 2.38 bits per heavy atom. The minimum atomic E-state index is -4.46. The zero-order chi connectivity index (χ0) is 12.5. The van der Waals surface area contributed by atoms with E-state index in [0.717, 1.165) is 18.2 Å². The van der Waals surface area contributed by atoms with Crippen molar-refractivity contribution in [2.75, 3.05) is 0 Å². The van der Waals surface area contributed by atoms with Gasteiger partial charge in [0.2, 0.25) is 0 Å². The van der Waals surface area contributed by atoms with Crippen molar-refractivity contribution in [3.8, 4) is 0 Å². The largest absolute Gasteiger partial charge is 0.480 e. The molecule has 0 aliphatic carbocycles. The van der Waals surface area contributed by atoms with E-state index in [0.29, 0.717) is 0 Å². The predicted molar refractivity (Wildman–Crippen MR) is 53.7 cm³/mol. The molecule has 16 heavy (non-hydrogen) atoms. The summed E-state index contributed by atoms with van der Waals surface area (Å²) in [5.74, 6) is -1.31.